The summed E-state index contributed by atoms with van der Waals surface area (Å²) in [6.07, 6.45) is 5.24. The molecule has 0 unspecified atom stereocenters. The Morgan fingerprint density at radius 3 is 2.71 bits per heavy atom. The number of hydrogen-bond acceptors (Lipinski definition) is 6. The molecule has 6 nitrogen and oxygen atoms in total. The number of aromatic nitrogens is 3. The van der Waals surface area contributed by atoms with Gasteiger partial charge in [0.15, 0.2) is 0 Å². The van der Waals surface area contributed by atoms with Crippen LogP contribution in [-0.2, 0) is 4.74 Å². The fraction of sp³-hybridized carbons (Fsp3) is 0.389. The Hall–Kier alpha value is -2.49. The number of hydrogen-bond donors (Lipinski definition) is 1. The number of rotatable bonds is 4. The Morgan fingerprint density at radius 2 is 1.96 bits per heavy atom. The van der Waals surface area contributed by atoms with Crippen molar-refractivity contribution in [2.24, 2.45) is 0 Å². The lowest BCUT2D eigenvalue weighted by Gasteiger charge is -2.26. The van der Waals surface area contributed by atoms with E-state index in [9.17, 15) is 0 Å². The van der Waals surface area contributed by atoms with Crippen molar-refractivity contribution in [1.82, 2.24) is 19.9 Å². The predicted molar refractivity (Wildman–Crippen MR) is 92.7 cm³/mol. The molecule has 1 saturated heterocycles. The summed E-state index contributed by atoms with van der Waals surface area (Å²) in [5, 5.41) is 3.24. The number of nitrogens with one attached hydrogen (secondary N) is 1. The molecule has 1 fully saturated rings. The smallest absolute Gasteiger partial charge is 0.222 e. The molecule has 1 aliphatic heterocycles. The predicted octanol–water partition coefficient (Wildman–Crippen LogP) is 1.32. The average molecular weight is 323 g/mol. The van der Waals surface area contributed by atoms with Crippen molar-refractivity contribution in [3.05, 3.63) is 47.5 Å². The van der Waals surface area contributed by atoms with E-state index in [1.54, 1.807) is 18.6 Å². The van der Waals surface area contributed by atoms with Gasteiger partial charge in [0.25, 0.3) is 0 Å². The standard InChI is InChI=1S/C18H21N5O/c1-15-17(3-2-6-19-15)5-4-16-13-21-18(22-14-16)20-7-8-23-9-11-24-12-10-23/h2-3,6,13-14H,7-12H2,1H3,(H,20,21,22). The lowest BCUT2D eigenvalue weighted by molar-refractivity contribution is 0.0398. The third kappa shape index (κ3) is 4.75. The van der Waals surface area contributed by atoms with Gasteiger partial charge in [-0.05, 0) is 19.1 Å². The molecule has 1 N–H and O–H groups in total. The Bertz CT molecular complexity index is 714. The number of anilines is 1. The van der Waals surface area contributed by atoms with Gasteiger partial charge in [0.05, 0.1) is 24.5 Å². The number of morpholine rings is 1. The molecule has 24 heavy (non-hydrogen) atoms. The molecular formula is C18H21N5O. The van der Waals surface area contributed by atoms with Crippen LogP contribution in [0.25, 0.3) is 0 Å². The van der Waals surface area contributed by atoms with Crippen molar-refractivity contribution in [3.8, 4) is 11.8 Å². The van der Waals surface area contributed by atoms with E-state index in [-0.39, 0.29) is 0 Å². The third-order valence-electron chi connectivity index (χ3n) is 3.82. The van der Waals surface area contributed by atoms with Crippen LogP contribution in [0.5, 0.6) is 0 Å². The molecule has 0 bridgehead atoms. The van der Waals surface area contributed by atoms with Crippen LogP contribution in [-0.4, -0.2) is 59.2 Å². The second-order valence-corrected chi connectivity index (χ2v) is 5.56. The first-order chi connectivity index (χ1) is 11.8. The first-order valence-corrected chi connectivity index (χ1v) is 8.11. The lowest BCUT2D eigenvalue weighted by Crippen LogP contribution is -2.39. The Morgan fingerprint density at radius 1 is 1.17 bits per heavy atom. The Labute approximate surface area is 142 Å². The SMILES string of the molecule is Cc1ncccc1C#Cc1cnc(NCCN2CCOCC2)nc1. The highest BCUT2D eigenvalue weighted by Crippen LogP contribution is 2.03. The molecule has 0 radical (unpaired) electrons. The second kappa shape index (κ2) is 8.39. The molecule has 3 heterocycles. The molecular weight excluding hydrogens is 302 g/mol. The summed E-state index contributed by atoms with van der Waals surface area (Å²) in [5.41, 5.74) is 2.63. The van der Waals surface area contributed by atoms with Crippen molar-refractivity contribution in [1.29, 1.82) is 0 Å². The van der Waals surface area contributed by atoms with Gasteiger partial charge in [0.1, 0.15) is 0 Å². The second-order valence-electron chi connectivity index (χ2n) is 5.56. The van der Waals surface area contributed by atoms with Crippen molar-refractivity contribution in [2.45, 2.75) is 6.92 Å². The van der Waals surface area contributed by atoms with Crippen LogP contribution in [0.4, 0.5) is 5.95 Å². The fourth-order valence-corrected chi connectivity index (χ4v) is 2.39. The molecule has 3 rings (SSSR count). The molecule has 0 spiro atoms. The van der Waals surface area contributed by atoms with Crippen LogP contribution in [0.1, 0.15) is 16.8 Å². The van der Waals surface area contributed by atoms with Gasteiger partial charge in [-0.1, -0.05) is 11.8 Å². The first-order valence-electron chi connectivity index (χ1n) is 8.11. The zero-order valence-electron chi connectivity index (χ0n) is 13.8. The molecule has 0 amide bonds. The van der Waals surface area contributed by atoms with Gasteiger partial charge in [-0.25, -0.2) is 9.97 Å². The van der Waals surface area contributed by atoms with Crippen LogP contribution >= 0.6 is 0 Å². The van der Waals surface area contributed by atoms with E-state index in [4.69, 9.17) is 4.74 Å². The fourth-order valence-electron chi connectivity index (χ4n) is 2.39. The summed E-state index contributed by atoms with van der Waals surface area (Å²) in [4.78, 5) is 15.2. The summed E-state index contributed by atoms with van der Waals surface area (Å²) >= 11 is 0. The zero-order chi connectivity index (χ0) is 16.6. The average Bonchev–Trinajstić information content (AvgIpc) is 2.63. The molecule has 0 saturated carbocycles. The molecule has 124 valence electrons. The van der Waals surface area contributed by atoms with Crippen LogP contribution in [0, 0.1) is 18.8 Å². The minimum atomic E-state index is 0.631. The Kier molecular flexibility index (Phi) is 5.72. The van der Waals surface area contributed by atoms with Gasteiger partial charge in [-0.2, -0.15) is 0 Å². The maximum atomic E-state index is 5.34. The van der Waals surface area contributed by atoms with Crippen molar-refractivity contribution < 1.29 is 4.74 Å². The number of ether oxygens (including phenoxy) is 1. The maximum absolute atomic E-state index is 5.34. The van der Waals surface area contributed by atoms with E-state index in [1.807, 2.05) is 19.1 Å². The van der Waals surface area contributed by atoms with Gasteiger partial charge in [0.2, 0.25) is 5.95 Å². The van der Waals surface area contributed by atoms with Gasteiger partial charge < -0.3 is 10.1 Å². The van der Waals surface area contributed by atoms with Crippen LogP contribution in [0.2, 0.25) is 0 Å². The summed E-state index contributed by atoms with van der Waals surface area (Å²) < 4.78 is 5.34. The molecule has 1 aliphatic rings. The molecule has 2 aromatic rings. The molecule has 0 aromatic carbocycles. The van der Waals surface area contributed by atoms with E-state index >= 15 is 0 Å². The maximum Gasteiger partial charge on any atom is 0.222 e. The largest absolute Gasteiger partial charge is 0.379 e. The van der Waals surface area contributed by atoms with Crippen LogP contribution in [0.3, 0.4) is 0 Å². The monoisotopic (exact) mass is 323 g/mol. The third-order valence-corrected chi connectivity index (χ3v) is 3.82. The highest BCUT2D eigenvalue weighted by molar-refractivity contribution is 5.43. The molecule has 2 aromatic heterocycles. The minimum absolute atomic E-state index is 0.631. The van der Waals surface area contributed by atoms with Gasteiger partial charge in [-0.15, -0.1) is 0 Å². The topological polar surface area (TPSA) is 63.2 Å². The van der Waals surface area contributed by atoms with Crippen molar-refractivity contribution >= 4 is 5.95 Å². The normalized spacial score (nSPS) is 14.7. The van der Waals surface area contributed by atoms with Gasteiger partial charge >= 0.3 is 0 Å². The van der Waals surface area contributed by atoms with E-state index in [2.05, 4.69) is 37.0 Å². The van der Waals surface area contributed by atoms with E-state index in [0.717, 1.165) is 56.2 Å². The van der Waals surface area contributed by atoms with E-state index < -0.39 is 0 Å². The van der Waals surface area contributed by atoms with E-state index in [1.165, 1.54) is 0 Å². The summed E-state index contributed by atoms with van der Waals surface area (Å²) in [6.45, 7) is 7.35. The van der Waals surface area contributed by atoms with Crippen LogP contribution < -0.4 is 5.32 Å². The molecule has 0 aliphatic carbocycles. The highest BCUT2D eigenvalue weighted by Gasteiger charge is 2.09. The quantitative estimate of drug-likeness (QED) is 0.857. The Balaban J connectivity index is 1.51. The van der Waals surface area contributed by atoms with Crippen LogP contribution in [0.15, 0.2) is 30.7 Å². The van der Waals surface area contributed by atoms with E-state index in [0.29, 0.717) is 5.95 Å². The van der Waals surface area contributed by atoms with Gasteiger partial charge in [0, 0.05) is 50.3 Å². The van der Waals surface area contributed by atoms with Gasteiger partial charge in [-0.3, -0.25) is 9.88 Å². The summed E-state index contributed by atoms with van der Waals surface area (Å²) in [5.74, 6) is 6.81. The summed E-state index contributed by atoms with van der Waals surface area (Å²) in [7, 11) is 0. The summed E-state index contributed by atoms with van der Waals surface area (Å²) in [6, 6.07) is 3.84. The molecule has 6 heteroatoms. The van der Waals surface area contributed by atoms with Crippen molar-refractivity contribution in [2.75, 3.05) is 44.7 Å². The lowest BCUT2D eigenvalue weighted by atomic mass is 10.2. The first kappa shape index (κ1) is 16.4. The van der Waals surface area contributed by atoms with Crippen molar-refractivity contribution in [3.63, 3.8) is 0 Å². The minimum Gasteiger partial charge on any atom is -0.379 e. The zero-order valence-corrected chi connectivity index (χ0v) is 13.8. The number of aryl methyl sites for hydroxylation is 1. The highest BCUT2D eigenvalue weighted by atomic mass is 16.5. The molecule has 0 atom stereocenters. The number of pyridine rings is 1. The number of nitrogens with zero attached hydrogens (tertiary/aromatic N) is 4.